The molecule has 0 fully saturated rings. The number of nitrogens with zero attached hydrogens (tertiary/aromatic N) is 2. The third-order valence-electron chi connectivity index (χ3n) is 3.19. The molecule has 3 rings (SSSR count). The molecule has 5 heteroatoms. The second kappa shape index (κ2) is 4.51. The first-order valence-electron chi connectivity index (χ1n) is 6.30. The van der Waals surface area contributed by atoms with Gasteiger partial charge in [-0.1, -0.05) is 6.07 Å². The Hall–Kier alpha value is -2.14. The fourth-order valence-corrected chi connectivity index (χ4v) is 2.38. The van der Waals surface area contributed by atoms with Gasteiger partial charge in [0.25, 0.3) is 0 Å². The van der Waals surface area contributed by atoms with Crippen molar-refractivity contribution in [1.82, 2.24) is 15.2 Å². The maximum Gasteiger partial charge on any atom is 0.192 e. The predicted molar refractivity (Wildman–Crippen MR) is 73.8 cm³/mol. The highest BCUT2D eigenvalue weighted by Gasteiger charge is 2.13. The van der Waals surface area contributed by atoms with Crippen LogP contribution < -0.4 is 5.73 Å². The number of aromatic nitrogens is 3. The van der Waals surface area contributed by atoms with E-state index in [2.05, 4.69) is 15.2 Å². The lowest BCUT2D eigenvalue weighted by Gasteiger charge is -2.03. The number of aromatic amines is 1. The van der Waals surface area contributed by atoms with Crippen LogP contribution >= 0.6 is 0 Å². The van der Waals surface area contributed by atoms with Crippen molar-refractivity contribution in [1.29, 1.82) is 0 Å². The number of rotatable bonds is 3. The van der Waals surface area contributed by atoms with Crippen LogP contribution in [0.1, 0.15) is 17.3 Å². The third-order valence-corrected chi connectivity index (χ3v) is 3.19. The molecule has 0 bridgehead atoms. The van der Waals surface area contributed by atoms with Crippen molar-refractivity contribution < 1.29 is 4.42 Å². The van der Waals surface area contributed by atoms with E-state index in [-0.39, 0.29) is 0 Å². The third kappa shape index (κ3) is 2.02. The number of benzene rings is 1. The number of hydrogen-bond acceptors (Lipinski definition) is 4. The molecule has 0 aliphatic heterocycles. The first-order valence-corrected chi connectivity index (χ1v) is 6.30. The van der Waals surface area contributed by atoms with Gasteiger partial charge in [-0.15, -0.1) is 0 Å². The first-order chi connectivity index (χ1) is 9.19. The number of aryl methyl sites for hydroxylation is 2. The molecule has 0 radical (unpaired) electrons. The van der Waals surface area contributed by atoms with E-state index >= 15 is 0 Å². The van der Waals surface area contributed by atoms with Gasteiger partial charge in [0.15, 0.2) is 11.5 Å². The van der Waals surface area contributed by atoms with Gasteiger partial charge in [0.1, 0.15) is 5.52 Å². The van der Waals surface area contributed by atoms with Gasteiger partial charge >= 0.3 is 0 Å². The first kappa shape index (κ1) is 11.9. The van der Waals surface area contributed by atoms with Gasteiger partial charge in [0.2, 0.25) is 0 Å². The van der Waals surface area contributed by atoms with Gasteiger partial charge in [-0.2, -0.15) is 5.10 Å². The lowest BCUT2D eigenvalue weighted by molar-refractivity contribution is 0.561. The molecular formula is C14H16N4O. The van der Waals surface area contributed by atoms with Crippen molar-refractivity contribution in [2.24, 2.45) is 5.73 Å². The summed E-state index contributed by atoms with van der Waals surface area (Å²) in [5.41, 5.74) is 11.6. The van der Waals surface area contributed by atoms with E-state index in [0.29, 0.717) is 12.4 Å². The molecule has 1 aromatic carbocycles. The molecule has 2 aromatic heterocycles. The molecule has 0 aliphatic rings. The Labute approximate surface area is 110 Å². The summed E-state index contributed by atoms with van der Waals surface area (Å²) in [5, 5.41) is 7.34. The second-order valence-electron chi connectivity index (χ2n) is 4.62. The summed E-state index contributed by atoms with van der Waals surface area (Å²) in [6.07, 6.45) is 0.759. The van der Waals surface area contributed by atoms with Gasteiger partial charge in [0.05, 0.1) is 5.69 Å². The van der Waals surface area contributed by atoms with E-state index in [1.165, 1.54) is 0 Å². The summed E-state index contributed by atoms with van der Waals surface area (Å²) in [6, 6.07) is 6.01. The number of hydrogen-bond donors (Lipinski definition) is 2. The minimum absolute atomic E-state index is 0.586. The van der Waals surface area contributed by atoms with Gasteiger partial charge < -0.3 is 10.2 Å². The van der Waals surface area contributed by atoms with Crippen LogP contribution in [0.3, 0.4) is 0 Å². The highest BCUT2D eigenvalue weighted by Crippen LogP contribution is 2.29. The molecule has 5 nitrogen and oxygen atoms in total. The van der Waals surface area contributed by atoms with E-state index in [0.717, 1.165) is 40.0 Å². The SMILES string of the molecule is Cc1nc2cc(-c3c(CCN)n[nH]c3C)ccc2o1. The van der Waals surface area contributed by atoms with Gasteiger partial charge in [-0.3, -0.25) is 5.10 Å². The van der Waals surface area contributed by atoms with Crippen molar-refractivity contribution >= 4 is 11.1 Å². The van der Waals surface area contributed by atoms with Gasteiger partial charge in [0, 0.05) is 24.6 Å². The van der Waals surface area contributed by atoms with E-state index in [1.54, 1.807) is 0 Å². The smallest absolute Gasteiger partial charge is 0.192 e. The molecule has 0 atom stereocenters. The molecule has 0 amide bonds. The summed E-state index contributed by atoms with van der Waals surface area (Å²) < 4.78 is 5.49. The summed E-state index contributed by atoms with van der Waals surface area (Å²) >= 11 is 0. The van der Waals surface area contributed by atoms with Gasteiger partial charge in [-0.05, 0) is 31.2 Å². The van der Waals surface area contributed by atoms with Crippen molar-refractivity contribution in [3.8, 4) is 11.1 Å². The molecule has 0 unspecified atom stereocenters. The molecule has 98 valence electrons. The quantitative estimate of drug-likeness (QED) is 0.753. The average Bonchev–Trinajstić information content (AvgIpc) is 2.91. The van der Waals surface area contributed by atoms with Crippen molar-refractivity contribution in [3.05, 3.63) is 35.5 Å². The van der Waals surface area contributed by atoms with Crippen LogP contribution in [0.4, 0.5) is 0 Å². The van der Waals surface area contributed by atoms with Gasteiger partial charge in [-0.25, -0.2) is 4.98 Å². The van der Waals surface area contributed by atoms with Crippen LogP contribution in [0.15, 0.2) is 22.6 Å². The van der Waals surface area contributed by atoms with E-state index in [1.807, 2.05) is 32.0 Å². The Morgan fingerprint density at radius 3 is 2.95 bits per heavy atom. The average molecular weight is 256 g/mol. The number of fused-ring (bicyclic) bond motifs is 1. The summed E-state index contributed by atoms with van der Waals surface area (Å²) in [7, 11) is 0. The minimum atomic E-state index is 0.586. The van der Waals surface area contributed by atoms with E-state index in [4.69, 9.17) is 10.2 Å². The number of nitrogens with one attached hydrogen (secondary N) is 1. The topological polar surface area (TPSA) is 80.7 Å². The van der Waals surface area contributed by atoms with Crippen molar-refractivity contribution in [3.63, 3.8) is 0 Å². The monoisotopic (exact) mass is 256 g/mol. The zero-order valence-corrected chi connectivity index (χ0v) is 11.0. The summed E-state index contributed by atoms with van der Waals surface area (Å²) in [5.74, 6) is 0.679. The lowest BCUT2D eigenvalue weighted by atomic mass is 10.0. The van der Waals surface area contributed by atoms with Crippen LogP contribution in [-0.4, -0.2) is 21.7 Å². The lowest BCUT2D eigenvalue weighted by Crippen LogP contribution is -2.04. The highest BCUT2D eigenvalue weighted by atomic mass is 16.3. The zero-order valence-electron chi connectivity index (χ0n) is 11.0. The molecule has 0 saturated carbocycles. The highest BCUT2D eigenvalue weighted by molar-refractivity contribution is 5.81. The number of H-pyrrole nitrogens is 1. The van der Waals surface area contributed by atoms with Crippen molar-refractivity contribution in [2.45, 2.75) is 20.3 Å². The maximum absolute atomic E-state index is 5.63. The molecule has 0 spiro atoms. The molecule has 3 N–H and O–H groups in total. The van der Waals surface area contributed by atoms with Crippen LogP contribution in [0.25, 0.3) is 22.2 Å². The molecule has 2 heterocycles. The normalized spacial score (nSPS) is 11.3. The molecular weight excluding hydrogens is 240 g/mol. The van der Waals surface area contributed by atoms with E-state index in [9.17, 15) is 0 Å². The molecule has 0 aliphatic carbocycles. The van der Waals surface area contributed by atoms with Crippen LogP contribution in [0.5, 0.6) is 0 Å². The summed E-state index contributed by atoms with van der Waals surface area (Å²) in [6.45, 7) is 4.45. The number of oxazole rings is 1. The Bertz CT molecular complexity index is 726. The number of nitrogens with two attached hydrogens (primary N) is 1. The Balaban J connectivity index is 2.15. The van der Waals surface area contributed by atoms with Crippen LogP contribution in [-0.2, 0) is 6.42 Å². The maximum atomic E-state index is 5.63. The van der Waals surface area contributed by atoms with Crippen LogP contribution in [0, 0.1) is 13.8 Å². The fraction of sp³-hybridized carbons (Fsp3) is 0.286. The van der Waals surface area contributed by atoms with Crippen molar-refractivity contribution in [2.75, 3.05) is 6.54 Å². The minimum Gasteiger partial charge on any atom is -0.441 e. The fourth-order valence-electron chi connectivity index (χ4n) is 2.38. The molecule has 3 aromatic rings. The molecule has 0 saturated heterocycles. The Kier molecular flexibility index (Phi) is 2.83. The largest absolute Gasteiger partial charge is 0.441 e. The Morgan fingerprint density at radius 2 is 2.16 bits per heavy atom. The predicted octanol–water partition coefficient (Wildman–Crippen LogP) is 2.34. The van der Waals surface area contributed by atoms with Crippen LogP contribution in [0.2, 0.25) is 0 Å². The van der Waals surface area contributed by atoms with E-state index < -0.39 is 0 Å². The Morgan fingerprint density at radius 1 is 1.32 bits per heavy atom. The second-order valence-corrected chi connectivity index (χ2v) is 4.62. The standard InChI is InChI=1S/C14H16N4O/c1-8-14(11(5-6-15)18-17-8)10-3-4-13-12(7-10)16-9(2)19-13/h3-4,7H,5-6,15H2,1-2H3,(H,17,18). The summed E-state index contributed by atoms with van der Waals surface area (Å²) in [4.78, 5) is 4.37. The molecule has 19 heavy (non-hydrogen) atoms. The zero-order chi connectivity index (χ0) is 13.4.